The minimum Gasteiger partial charge on any atom is -0.494 e. The Morgan fingerprint density at radius 3 is 2.41 bits per heavy atom. The number of methoxy groups -OCH3 is 2. The maximum atomic E-state index is 13.7. The van der Waals surface area contributed by atoms with Crippen molar-refractivity contribution in [2.45, 2.75) is 6.42 Å². The Morgan fingerprint density at radius 2 is 1.94 bits per heavy atom. The van der Waals surface area contributed by atoms with E-state index in [2.05, 4.69) is 4.74 Å². The molecular weight excluding hydrogens is 232 g/mol. The van der Waals surface area contributed by atoms with Crippen molar-refractivity contribution in [2.24, 2.45) is 5.73 Å². The molecule has 0 fully saturated rings. The summed E-state index contributed by atoms with van der Waals surface area (Å²) in [6, 6.07) is 1.01. The van der Waals surface area contributed by atoms with E-state index in [-0.39, 0.29) is 24.3 Å². The molecule has 0 heterocycles. The van der Waals surface area contributed by atoms with E-state index in [0.717, 1.165) is 13.2 Å². The van der Waals surface area contributed by atoms with Crippen LogP contribution in [0.1, 0.15) is 16.8 Å². The van der Waals surface area contributed by atoms with Gasteiger partial charge >= 0.3 is 0 Å². The minimum absolute atomic E-state index is 0.0329. The van der Waals surface area contributed by atoms with Crippen molar-refractivity contribution in [1.82, 2.24) is 0 Å². The molecule has 0 saturated heterocycles. The van der Waals surface area contributed by atoms with Gasteiger partial charge in [-0.25, -0.2) is 4.39 Å². The van der Waals surface area contributed by atoms with Crippen LogP contribution in [0.5, 0.6) is 11.5 Å². The van der Waals surface area contributed by atoms with E-state index in [1.807, 2.05) is 0 Å². The van der Waals surface area contributed by atoms with Crippen LogP contribution in [0, 0.1) is 11.6 Å². The SMILES string of the molecule is COc1cc(C(=O)CCN)c(F)c(OC)c1F. The smallest absolute Gasteiger partial charge is 0.209 e. The average Bonchev–Trinajstić information content (AvgIpc) is 2.30. The second kappa shape index (κ2) is 5.58. The second-order valence-electron chi connectivity index (χ2n) is 3.25. The number of Topliss-reactive ketones (excluding diaryl/α,β-unsaturated/α-hetero) is 1. The van der Waals surface area contributed by atoms with Gasteiger partial charge in [-0.05, 0) is 12.6 Å². The van der Waals surface area contributed by atoms with Crippen molar-refractivity contribution in [2.75, 3.05) is 20.8 Å². The van der Waals surface area contributed by atoms with Crippen molar-refractivity contribution in [1.29, 1.82) is 0 Å². The Labute approximate surface area is 97.3 Å². The monoisotopic (exact) mass is 245 g/mol. The van der Waals surface area contributed by atoms with Crippen LogP contribution in [0.2, 0.25) is 0 Å². The fraction of sp³-hybridized carbons (Fsp3) is 0.364. The van der Waals surface area contributed by atoms with Gasteiger partial charge in [0.25, 0.3) is 0 Å². The Kier molecular flexibility index (Phi) is 4.39. The van der Waals surface area contributed by atoms with Crippen LogP contribution in [-0.2, 0) is 0 Å². The lowest BCUT2D eigenvalue weighted by Crippen LogP contribution is -2.11. The molecule has 94 valence electrons. The molecule has 4 nitrogen and oxygen atoms in total. The van der Waals surface area contributed by atoms with Gasteiger partial charge in [0.1, 0.15) is 0 Å². The Morgan fingerprint density at radius 1 is 1.29 bits per heavy atom. The standard InChI is InChI=1S/C11H13F2NO3/c1-16-8-5-6(7(15)3-4-14)9(12)11(17-2)10(8)13/h5H,3-4,14H2,1-2H3. The molecule has 0 saturated carbocycles. The number of nitrogens with two attached hydrogens (primary N) is 1. The van der Waals surface area contributed by atoms with Crippen molar-refractivity contribution in [3.05, 3.63) is 23.3 Å². The van der Waals surface area contributed by atoms with Crippen LogP contribution in [0.25, 0.3) is 0 Å². The first-order valence-corrected chi connectivity index (χ1v) is 4.90. The summed E-state index contributed by atoms with van der Waals surface area (Å²) in [5.41, 5.74) is 4.92. The van der Waals surface area contributed by atoms with Crippen LogP contribution >= 0.6 is 0 Å². The molecule has 0 bridgehead atoms. The molecule has 2 N–H and O–H groups in total. The highest BCUT2D eigenvalue weighted by molar-refractivity contribution is 5.97. The third-order valence-corrected chi connectivity index (χ3v) is 2.22. The van der Waals surface area contributed by atoms with Gasteiger partial charge in [-0.1, -0.05) is 0 Å². The van der Waals surface area contributed by atoms with E-state index in [9.17, 15) is 13.6 Å². The highest BCUT2D eigenvalue weighted by atomic mass is 19.1. The van der Waals surface area contributed by atoms with E-state index in [1.165, 1.54) is 7.11 Å². The maximum Gasteiger partial charge on any atom is 0.209 e. The fourth-order valence-corrected chi connectivity index (χ4v) is 1.38. The first kappa shape index (κ1) is 13.4. The number of ketones is 1. The van der Waals surface area contributed by atoms with Gasteiger partial charge in [0.05, 0.1) is 19.8 Å². The van der Waals surface area contributed by atoms with Crippen LogP contribution in [0.4, 0.5) is 8.78 Å². The van der Waals surface area contributed by atoms with Gasteiger partial charge in [-0.15, -0.1) is 0 Å². The highest BCUT2D eigenvalue weighted by Crippen LogP contribution is 2.32. The van der Waals surface area contributed by atoms with Crippen molar-refractivity contribution in [3.8, 4) is 11.5 Å². The number of ether oxygens (including phenoxy) is 2. The Bertz CT molecular complexity index is 435. The largest absolute Gasteiger partial charge is 0.494 e. The minimum atomic E-state index is -1.04. The van der Waals surface area contributed by atoms with Crippen LogP contribution in [0.3, 0.4) is 0 Å². The molecule has 0 spiro atoms. The lowest BCUT2D eigenvalue weighted by molar-refractivity contribution is 0.0980. The zero-order valence-electron chi connectivity index (χ0n) is 9.55. The van der Waals surface area contributed by atoms with Crippen molar-refractivity contribution in [3.63, 3.8) is 0 Å². The summed E-state index contributed by atoms with van der Waals surface area (Å²) in [4.78, 5) is 11.6. The molecule has 0 aliphatic heterocycles. The third kappa shape index (κ3) is 2.52. The third-order valence-electron chi connectivity index (χ3n) is 2.22. The number of hydrogen-bond donors (Lipinski definition) is 1. The lowest BCUT2D eigenvalue weighted by atomic mass is 10.1. The molecule has 17 heavy (non-hydrogen) atoms. The van der Waals surface area contributed by atoms with Crippen molar-refractivity contribution >= 4 is 5.78 Å². The Balaban J connectivity index is 3.36. The summed E-state index contributed by atoms with van der Waals surface area (Å²) in [6.45, 7) is 0.0836. The quantitative estimate of drug-likeness (QED) is 0.799. The number of rotatable bonds is 5. The lowest BCUT2D eigenvalue weighted by Gasteiger charge is -2.11. The van der Waals surface area contributed by atoms with E-state index >= 15 is 0 Å². The zero-order chi connectivity index (χ0) is 13.0. The summed E-state index contributed by atoms with van der Waals surface area (Å²) in [5.74, 6) is -3.42. The van der Waals surface area contributed by atoms with E-state index in [0.29, 0.717) is 0 Å². The average molecular weight is 245 g/mol. The summed E-state index contributed by atoms with van der Waals surface area (Å²) < 4.78 is 36.6. The molecule has 0 aliphatic carbocycles. The molecule has 0 radical (unpaired) electrons. The number of hydrogen-bond acceptors (Lipinski definition) is 4. The summed E-state index contributed by atoms with van der Waals surface area (Å²) in [6.07, 6.45) is -0.0329. The number of carbonyl (C=O) groups excluding carboxylic acids is 1. The molecule has 0 unspecified atom stereocenters. The molecular formula is C11H13F2NO3. The number of carbonyl (C=O) groups is 1. The van der Waals surface area contributed by atoms with Gasteiger partial charge < -0.3 is 15.2 Å². The summed E-state index contributed by atoms with van der Waals surface area (Å²) in [5, 5.41) is 0. The molecule has 0 aliphatic rings. The van der Waals surface area contributed by atoms with E-state index in [4.69, 9.17) is 10.5 Å². The van der Waals surface area contributed by atoms with Gasteiger partial charge in [-0.3, -0.25) is 4.79 Å². The first-order chi connectivity index (χ1) is 8.06. The van der Waals surface area contributed by atoms with E-state index in [1.54, 1.807) is 0 Å². The first-order valence-electron chi connectivity index (χ1n) is 4.90. The van der Waals surface area contributed by atoms with Gasteiger partial charge in [0, 0.05) is 6.42 Å². The topological polar surface area (TPSA) is 61.5 Å². The Hall–Kier alpha value is -1.69. The van der Waals surface area contributed by atoms with Gasteiger partial charge in [0.15, 0.2) is 23.1 Å². The normalized spacial score (nSPS) is 10.2. The molecule has 6 heteroatoms. The zero-order valence-corrected chi connectivity index (χ0v) is 9.55. The number of benzene rings is 1. The summed E-state index contributed by atoms with van der Waals surface area (Å²) >= 11 is 0. The van der Waals surface area contributed by atoms with Crippen LogP contribution in [0.15, 0.2) is 6.07 Å². The highest BCUT2D eigenvalue weighted by Gasteiger charge is 2.23. The molecule has 0 atom stereocenters. The molecule has 1 aromatic carbocycles. The van der Waals surface area contributed by atoms with Crippen molar-refractivity contribution < 1.29 is 23.0 Å². The predicted molar refractivity (Wildman–Crippen MR) is 57.5 cm³/mol. The number of halogens is 2. The molecule has 1 rings (SSSR count). The van der Waals surface area contributed by atoms with Crippen LogP contribution in [-0.4, -0.2) is 26.5 Å². The predicted octanol–water partition coefficient (Wildman–Crippen LogP) is 1.51. The molecule has 0 aromatic heterocycles. The van der Waals surface area contributed by atoms with E-state index < -0.39 is 23.2 Å². The molecule has 1 aromatic rings. The summed E-state index contributed by atoms with van der Waals surface area (Å²) in [7, 11) is 2.32. The van der Waals surface area contributed by atoms with Gasteiger partial charge in [0.2, 0.25) is 5.82 Å². The fourth-order valence-electron chi connectivity index (χ4n) is 1.38. The van der Waals surface area contributed by atoms with Crippen LogP contribution < -0.4 is 15.2 Å². The maximum absolute atomic E-state index is 13.7. The second-order valence-corrected chi connectivity index (χ2v) is 3.25. The van der Waals surface area contributed by atoms with Gasteiger partial charge in [-0.2, -0.15) is 4.39 Å². The molecule has 0 amide bonds.